The van der Waals surface area contributed by atoms with E-state index in [1.54, 1.807) is 0 Å². The van der Waals surface area contributed by atoms with Crippen LogP contribution in [0.2, 0.25) is 0 Å². The van der Waals surface area contributed by atoms with Gasteiger partial charge in [0, 0.05) is 13.8 Å². The van der Waals surface area contributed by atoms with Gasteiger partial charge in [-0.1, -0.05) is 0 Å². The molecule has 0 radical (unpaired) electrons. The number of fused-ring (bicyclic) bond motifs is 1. The lowest BCUT2D eigenvalue weighted by molar-refractivity contribution is -0.148. The summed E-state index contributed by atoms with van der Waals surface area (Å²) in [5.74, 6) is -0.313. The average molecular weight is 213 g/mol. The Bertz CT molecular complexity index is 263. The van der Waals surface area contributed by atoms with Crippen molar-refractivity contribution < 1.29 is 19.1 Å². The molecule has 4 atom stereocenters. The highest BCUT2D eigenvalue weighted by Gasteiger charge is 2.54. The maximum atomic E-state index is 10.9. The first-order valence-electron chi connectivity index (χ1n) is 5.17. The molecule has 0 bridgehead atoms. The van der Waals surface area contributed by atoms with Crippen molar-refractivity contribution in [2.24, 2.45) is 0 Å². The second-order valence-electron chi connectivity index (χ2n) is 4.10. The number of rotatable bonds is 2. The van der Waals surface area contributed by atoms with Gasteiger partial charge in [-0.15, -0.1) is 0 Å². The zero-order valence-corrected chi connectivity index (χ0v) is 8.86. The second-order valence-corrected chi connectivity index (χ2v) is 4.10. The van der Waals surface area contributed by atoms with Gasteiger partial charge < -0.3 is 14.8 Å². The van der Waals surface area contributed by atoms with Crippen LogP contribution in [0, 0.1) is 0 Å². The largest absolute Gasteiger partial charge is 0.460 e. The Labute approximate surface area is 88.1 Å². The van der Waals surface area contributed by atoms with Gasteiger partial charge in [-0.25, -0.2) is 0 Å². The van der Waals surface area contributed by atoms with Crippen LogP contribution < -0.4 is 5.32 Å². The summed E-state index contributed by atoms with van der Waals surface area (Å²) < 4.78 is 10.5. The zero-order chi connectivity index (χ0) is 11.0. The third-order valence-corrected chi connectivity index (χ3v) is 2.79. The third kappa shape index (κ3) is 2.28. The van der Waals surface area contributed by atoms with Crippen LogP contribution in [-0.2, 0) is 19.1 Å². The van der Waals surface area contributed by atoms with E-state index < -0.39 is 0 Å². The normalized spacial score (nSPS) is 37.7. The highest BCUT2D eigenvalue weighted by molar-refractivity contribution is 5.73. The number of epoxide rings is 1. The number of amides is 1. The Hall–Kier alpha value is -1.10. The van der Waals surface area contributed by atoms with Crippen molar-refractivity contribution in [3.05, 3.63) is 0 Å². The van der Waals surface area contributed by atoms with Crippen molar-refractivity contribution in [3.63, 3.8) is 0 Å². The molecular weight excluding hydrogens is 198 g/mol. The lowest BCUT2D eigenvalue weighted by Gasteiger charge is -2.24. The van der Waals surface area contributed by atoms with Crippen LogP contribution in [-0.4, -0.2) is 36.2 Å². The van der Waals surface area contributed by atoms with Crippen LogP contribution in [0.4, 0.5) is 0 Å². The van der Waals surface area contributed by atoms with Crippen LogP contribution in [0.15, 0.2) is 0 Å². The summed E-state index contributed by atoms with van der Waals surface area (Å²) in [7, 11) is 0. The van der Waals surface area contributed by atoms with E-state index in [0.29, 0.717) is 0 Å². The van der Waals surface area contributed by atoms with E-state index in [1.165, 1.54) is 13.8 Å². The molecular formula is C10H15NO4. The smallest absolute Gasteiger partial charge is 0.302 e. The molecule has 1 saturated carbocycles. The summed E-state index contributed by atoms with van der Waals surface area (Å²) in [6, 6.07) is 0.0827. The quantitative estimate of drug-likeness (QED) is 0.517. The maximum absolute atomic E-state index is 10.9. The van der Waals surface area contributed by atoms with E-state index >= 15 is 0 Å². The number of esters is 1. The highest BCUT2D eigenvalue weighted by Crippen LogP contribution is 2.38. The molecule has 1 saturated heterocycles. The fraction of sp³-hybridized carbons (Fsp3) is 0.800. The van der Waals surface area contributed by atoms with Gasteiger partial charge in [0.15, 0.2) is 0 Å². The number of carbonyl (C=O) groups is 2. The third-order valence-electron chi connectivity index (χ3n) is 2.79. The molecule has 2 rings (SSSR count). The number of ether oxygens (including phenoxy) is 2. The van der Waals surface area contributed by atoms with Crippen molar-refractivity contribution in [1.82, 2.24) is 5.32 Å². The number of carbonyl (C=O) groups excluding carboxylic acids is 2. The van der Waals surface area contributed by atoms with Crippen LogP contribution in [0.1, 0.15) is 26.7 Å². The summed E-state index contributed by atoms with van der Waals surface area (Å²) in [4.78, 5) is 21.7. The molecule has 0 spiro atoms. The van der Waals surface area contributed by atoms with E-state index in [-0.39, 0.29) is 36.2 Å². The first kappa shape index (κ1) is 10.4. The van der Waals surface area contributed by atoms with Gasteiger partial charge in [0.25, 0.3) is 0 Å². The van der Waals surface area contributed by atoms with E-state index in [2.05, 4.69) is 5.32 Å². The van der Waals surface area contributed by atoms with E-state index in [4.69, 9.17) is 9.47 Å². The molecule has 2 aliphatic rings. The fourth-order valence-corrected chi connectivity index (χ4v) is 2.19. The molecule has 0 aromatic heterocycles. The van der Waals surface area contributed by atoms with Crippen molar-refractivity contribution in [2.75, 3.05) is 0 Å². The van der Waals surface area contributed by atoms with Crippen LogP contribution in [0.5, 0.6) is 0 Å². The van der Waals surface area contributed by atoms with Crippen LogP contribution in [0.25, 0.3) is 0 Å². The fourth-order valence-electron chi connectivity index (χ4n) is 2.19. The standard InChI is InChI=1S/C10H15NO4/c1-5(12)11-7-3-4-8(14-6(2)13)10-9(7)15-10/h7-10H,3-4H2,1-2H3,(H,11,12). The number of nitrogens with one attached hydrogen (secondary N) is 1. The van der Waals surface area contributed by atoms with Gasteiger partial charge in [-0.3, -0.25) is 9.59 Å². The summed E-state index contributed by atoms with van der Waals surface area (Å²) in [5, 5.41) is 2.84. The molecule has 1 aliphatic heterocycles. The molecule has 1 heterocycles. The minimum absolute atomic E-state index is 0.0144. The van der Waals surface area contributed by atoms with E-state index in [0.717, 1.165) is 12.8 Å². The Kier molecular flexibility index (Phi) is 2.65. The van der Waals surface area contributed by atoms with E-state index in [9.17, 15) is 9.59 Å². The number of hydrogen-bond acceptors (Lipinski definition) is 4. The van der Waals surface area contributed by atoms with E-state index in [1.807, 2.05) is 0 Å². The molecule has 5 heteroatoms. The van der Waals surface area contributed by atoms with Crippen LogP contribution in [0.3, 0.4) is 0 Å². The van der Waals surface area contributed by atoms with Crippen molar-refractivity contribution >= 4 is 11.9 Å². The lowest BCUT2D eigenvalue weighted by atomic mass is 9.93. The van der Waals surface area contributed by atoms with Crippen molar-refractivity contribution in [2.45, 2.75) is 51.0 Å². The zero-order valence-electron chi connectivity index (χ0n) is 8.86. The first-order chi connectivity index (χ1) is 7.08. The SMILES string of the molecule is CC(=O)NC1CCC(OC(C)=O)C2OC12. The molecule has 4 unspecified atom stereocenters. The lowest BCUT2D eigenvalue weighted by Crippen LogP contribution is -2.44. The molecule has 84 valence electrons. The molecule has 0 aromatic carbocycles. The van der Waals surface area contributed by atoms with Gasteiger partial charge in [0.2, 0.25) is 5.91 Å². The minimum Gasteiger partial charge on any atom is -0.460 e. The molecule has 1 amide bonds. The van der Waals surface area contributed by atoms with Crippen molar-refractivity contribution in [1.29, 1.82) is 0 Å². The first-order valence-corrected chi connectivity index (χ1v) is 5.17. The van der Waals surface area contributed by atoms with Gasteiger partial charge in [-0.05, 0) is 12.8 Å². The molecule has 0 aromatic rings. The van der Waals surface area contributed by atoms with Gasteiger partial charge in [0.05, 0.1) is 6.04 Å². The maximum Gasteiger partial charge on any atom is 0.302 e. The number of hydrogen-bond donors (Lipinski definition) is 1. The molecule has 2 fully saturated rings. The molecule has 5 nitrogen and oxygen atoms in total. The average Bonchev–Trinajstić information content (AvgIpc) is 2.87. The van der Waals surface area contributed by atoms with Gasteiger partial charge in [-0.2, -0.15) is 0 Å². The highest BCUT2D eigenvalue weighted by atomic mass is 16.6. The molecule has 15 heavy (non-hydrogen) atoms. The molecule has 1 N–H and O–H groups in total. The predicted octanol–water partition coefficient (Wildman–Crippen LogP) is -0.0160. The monoisotopic (exact) mass is 213 g/mol. The Morgan fingerprint density at radius 2 is 2.00 bits per heavy atom. The summed E-state index contributed by atoms with van der Waals surface area (Å²) in [6.45, 7) is 2.90. The summed E-state index contributed by atoms with van der Waals surface area (Å²) in [6.07, 6.45) is 1.45. The summed E-state index contributed by atoms with van der Waals surface area (Å²) in [5.41, 5.74) is 0. The second kappa shape index (κ2) is 3.81. The Balaban J connectivity index is 1.86. The Morgan fingerprint density at radius 3 is 2.60 bits per heavy atom. The predicted molar refractivity (Wildman–Crippen MR) is 51.1 cm³/mol. The minimum atomic E-state index is -0.271. The van der Waals surface area contributed by atoms with Crippen LogP contribution >= 0.6 is 0 Å². The molecule has 1 aliphatic carbocycles. The Morgan fingerprint density at radius 1 is 1.27 bits per heavy atom. The van der Waals surface area contributed by atoms with Gasteiger partial charge in [0.1, 0.15) is 18.3 Å². The summed E-state index contributed by atoms with van der Waals surface area (Å²) >= 11 is 0. The topological polar surface area (TPSA) is 67.9 Å². The van der Waals surface area contributed by atoms with Crippen molar-refractivity contribution in [3.8, 4) is 0 Å². The van der Waals surface area contributed by atoms with Gasteiger partial charge >= 0.3 is 5.97 Å².